The Kier molecular flexibility index (Phi) is 3.17. The van der Waals surface area contributed by atoms with Gasteiger partial charge in [0.2, 0.25) is 5.91 Å². The van der Waals surface area contributed by atoms with Gasteiger partial charge in [0.15, 0.2) is 0 Å². The number of carbonyl (C=O) groups is 1. The van der Waals surface area contributed by atoms with Crippen LogP contribution >= 0.6 is 11.8 Å². The van der Waals surface area contributed by atoms with Crippen molar-refractivity contribution in [3.63, 3.8) is 0 Å². The molecule has 1 aliphatic carbocycles. The Morgan fingerprint density at radius 3 is 2.50 bits per heavy atom. The van der Waals surface area contributed by atoms with Crippen LogP contribution in [0.3, 0.4) is 0 Å². The summed E-state index contributed by atoms with van der Waals surface area (Å²) < 4.78 is 0. The van der Waals surface area contributed by atoms with E-state index in [-0.39, 0.29) is 11.3 Å². The molecule has 1 amide bonds. The van der Waals surface area contributed by atoms with Crippen LogP contribution < -0.4 is 4.90 Å². The molecule has 24 heavy (non-hydrogen) atoms. The molecular weight excluding hydrogens is 314 g/mol. The standard InChI is InChI=1S/C21H17NOS/c23-19-13-24-21(16-5-2-1-3-6-16)22(19)18-12-11-15-10-9-14-7-4-8-17(18)20(14)15/h1-8,11-12,21H,9-10,13H2. The number of aryl methyl sites for hydroxylation is 2. The maximum atomic E-state index is 12.7. The zero-order chi connectivity index (χ0) is 16.1. The largest absolute Gasteiger partial charge is 0.294 e. The van der Waals surface area contributed by atoms with Crippen molar-refractivity contribution in [2.24, 2.45) is 0 Å². The van der Waals surface area contributed by atoms with Crippen molar-refractivity contribution in [2.75, 3.05) is 10.7 Å². The van der Waals surface area contributed by atoms with Crippen molar-refractivity contribution in [1.82, 2.24) is 0 Å². The van der Waals surface area contributed by atoms with Gasteiger partial charge in [0, 0.05) is 5.39 Å². The molecular formula is C21H17NOS. The number of thioether (sulfide) groups is 1. The maximum absolute atomic E-state index is 12.7. The van der Waals surface area contributed by atoms with Gasteiger partial charge in [-0.2, -0.15) is 0 Å². The molecule has 118 valence electrons. The topological polar surface area (TPSA) is 20.3 Å². The second-order valence-electron chi connectivity index (χ2n) is 6.42. The average Bonchev–Trinajstić information content (AvgIpc) is 3.22. The minimum absolute atomic E-state index is 0.0668. The van der Waals surface area contributed by atoms with Gasteiger partial charge in [0.25, 0.3) is 0 Å². The fourth-order valence-electron chi connectivity index (χ4n) is 3.99. The molecule has 1 fully saturated rings. The van der Waals surface area contributed by atoms with Crippen LogP contribution in [0.25, 0.3) is 10.8 Å². The van der Waals surface area contributed by atoms with E-state index in [1.165, 1.54) is 27.5 Å². The molecule has 0 radical (unpaired) electrons. The van der Waals surface area contributed by atoms with E-state index in [0.29, 0.717) is 5.75 Å². The predicted octanol–water partition coefficient (Wildman–Crippen LogP) is 4.72. The highest BCUT2D eigenvalue weighted by atomic mass is 32.2. The number of nitrogens with zero attached hydrogens (tertiary/aromatic N) is 1. The Bertz CT molecular complexity index is 940. The van der Waals surface area contributed by atoms with E-state index in [1.807, 2.05) is 23.1 Å². The lowest BCUT2D eigenvalue weighted by molar-refractivity contribution is -0.115. The Morgan fingerprint density at radius 2 is 1.67 bits per heavy atom. The molecule has 0 aromatic heterocycles. The van der Waals surface area contributed by atoms with Crippen LogP contribution in [0.15, 0.2) is 60.7 Å². The first-order valence-electron chi connectivity index (χ1n) is 8.35. The highest BCUT2D eigenvalue weighted by Crippen LogP contribution is 2.45. The highest BCUT2D eigenvalue weighted by Gasteiger charge is 2.35. The first-order valence-corrected chi connectivity index (χ1v) is 9.40. The molecule has 1 saturated heterocycles. The molecule has 5 rings (SSSR count). The second kappa shape index (κ2) is 5.38. The average molecular weight is 331 g/mol. The van der Waals surface area contributed by atoms with E-state index in [9.17, 15) is 4.79 Å². The summed E-state index contributed by atoms with van der Waals surface area (Å²) >= 11 is 1.72. The Hall–Kier alpha value is -2.26. The van der Waals surface area contributed by atoms with E-state index < -0.39 is 0 Å². The van der Waals surface area contributed by atoms with Gasteiger partial charge in [-0.15, -0.1) is 11.8 Å². The predicted molar refractivity (Wildman–Crippen MR) is 100 cm³/mol. The van der Waals surface area contributed by atoms with Gasteiger partial charge in [-0.25, -0.2) is 0 Å². The van der Waals surface area contributed by atoms with Gasteiger partial charge >= 0.3 is 0 Å². The summed E-state index contributed by atoms with van der Waals surface area (Å²) in [5.74, 6) is 0.746. The van der Waals surface area contributed by atoms with Crippen molar-refractivity contribution in [3.8, 4) is 0 Å². The van der Waals surface area contributed by atoms with Crippen molar-refractivity contribution < 1.29 is 4.79 Å². The normalized spacial score (nSPS) is 19.4. The van der Waals surface area contributed by atoms with Crippen LogP contribution in [-0.2, 0) is 17.6 Å². The smallest absolute Gasteiger partial charge is 0.238 e. The number of benzene rings is 3. The molecule has 3 aromatic rings. The molecule has 0 saturated carbocycles. The van der Waals surface area contributed by atoms with Crippen molar-refractivity contribution in [1.29, 1.82) is 0 Å². The first-order chi connectivity index (χ1) is 11.8. The van der Waals surface area contributed by atoms with Gasteiger partial charge in [-0.05, 0) is 41.0 Å². The molecule has 0 N–H and O–H groups in total. The summed E-state index contributed by atoms with van der Waals surface area (Å²) in [5, 5.41) is 2.66. The molecule has 2 nitrogen and oxygen atoms in total. The van der Waals surface area contributed by atoms with E-state index in [4.69, 9.17) is 0 Å². The minimum Gasteiger partial charge on any atom is -0.294 e. The van der Waals surface area contributed by atoms with Gasteiger partial charge in [-0.3, -0.25) is 9.69 Å². The van der Waals surface area contributed by atoms with Crippen LogP contribution in [0.5, 0.6) is 0 Å². The number of carbonyl (C=O) groups excluding carboxylic acids is 1. The zero-order valence-electron chi connectivity index (χ0n) is 13.2. The third kappa shape index (κ3) is 2.01. The van der Waals surface area contributed by atoms with Gasteiger partial charge < -0.3 is 0 Å². The van der Waals surface area contributed by atoms with Gasteiger partial charge in [0.05, 0.1) is 11.4 Å². The quantitative estimate of drug-likeness (QED) is 0.677. The molecule has 1 aliphatic heterocycles. The van der Waals surface area contributed by atoms with Crippen LogP contribution in [0.1, 0.15) is 22.1 Å². The summed E-state index contributed by atoms with van der Waals surface area (Å²) in [7, 11) is 0. The van der Waals surface area contributed by atoms with Crippen molar-refractivity contribution >= 4 is 34.1 Å². The number of rotatable bonds is 2. The molecule has 1 unspecified atom stereocenters. The lowest BCUT2D eigenvalue weighted by Crippen LogP contribution is -2.28. The van der Waals surface area contributed by atoms with Crippen LogP contribution in [0.2, 0.25) is 0 Å². The van der Waals surface area contributed by atoms with E-state index >= 15 is 0 Å². The molecule has 3 heteroatoms. The summed E-state index contributed by atoms with van der Waals surface area (Å²) in [6, 6.07) is 21.2. The van der Waals surface area contributed by atoms with Crippen molar-refractivity contribution in [3.05, 3.63) is 77.4 Å². The Balaban J connectivity index is 1.70. The third-order valence-corrected chi connectivity index (χ3v) is 6.28. The molecule has 2 aliphatic rings. The number of amides is 1. The Labute approximate surface area is 145 Å². The Morgan fingerprint density at radius 1 is 0.875 bits per heavy atom. The van der Waals surface area contributed by atoms with Gasteiger partial charge in [-0.1, -0.05) is 54.6 Å². The fourth-order valence-corrected chi connectivity index (χ4v) is 5.16. The van der Waals surface area contributed by atoms with E-state index in [0.717, 1.165) is 18.5 Å². The lowest BCUT2D eigenvalue weighted by Gasteiger charge is -2.26. The summed E-state index contributed by atoms with van der Waals surface area (Å²) in [5.41, 5.74) is 5.08. The highest BCUT2D eigenvalue weighted by molar-refractivity contribution is 8.00. The number of hydrogen-bond donors (Lipinski definition) is 0. The summed E-state index contributed by atoms with van der Waals surface area (Å²) in [4.78, 5) is 14.7. The molecule has 1 atom stereocenters. The molecule has 1 heterocycles. The van der Waals surface area contributed by atoms with Crippen LogP contribution in [-0.4, -0.2) is 11.7 Å². The first kappa shape index (κ1) is 14.1. The van der Waals surface area contributed by atoms with Gasteiger partial charge in [0.1, 0.15) is 5.37 Å². The van der Waals surface area contributed by atoms with Crippen LogP contribution in [0, 0.1) is 0 Å². The number of hydrogen-bond acceptors (Lipinski definition) is 2. The monoisotopic (exact) mass is 331 g/mol. The lowest BCUT2D eigenvalue weighted by atomic mass is 10.0. The fraction of sp³-hybridized carbons (Fsp3) is 0.190. The summed E-state index contributed by atoms with van der Waals surface area (Å²) in [6.45, 7) is 0. The minimum atomic E-state index is 0.0668. The number of anilines is 1. The SMILES string of the molecule is O=C1CSC(c2ccccc2)N1c1ccc2c3c(cccc13)CC2. The second-order valence-corrected chi connectivity index (χ2v) is 7.49. The van der Waals surface area contributed by atoms with E-state index in [2.05, 4.69) is 42.5 Å². The molecule has 3 aromatic carbocycles. The zero-order valence-corrected chi connectivity index (χ0v) is 14.1. The van der Waals surface area contributed by atoms with Crippen molar-refractivity contribution in [2.45, 2.75) is 18.2 Å². The summed E-state index contributed by atoms with van der Waals surface area (Å²) in [6.07, 6.45) is 2.22. The molecule has 0 bridgehead atoms. The van der Waals surface area contributed by atoms with Crippen LogP contribution in [0.4, 0.5) is 5.69 Å². The third-order valence-electron chi connectivity index (χ3n) is 5.07. The maximum Gasteiger partial charge on any atom is 0.238 e. The van der Waals surface area contributed by atoms with E-state index in [1.54, 1.807) is 11.8 Å². The molecule has 0 spiro atoms.